The van der Waals surface area contributed by atoms with Gasteiger partial charge in [0.05, 0.1) is 25.5 Å². The van der Waals surface area contributed by atoms with Gasteiger partial charge in [-0.2, -0.15) is 0 Å². The van der Waals surface area contributed by atoms with Crippen molar-refractivity contribution in [2.75, 3.05) is 26.6 Å². The highest BCUT2D eigenvalue weighted by molar-refractivity contribution is 8.00. The Morgan fingerprint density at radius 2 is 2.00 bits per heavy atom. The van der Waals surface area contributed by atoms with Gasteiger partial charge >= 0.3 is 0 Å². The minimum absolute atomic E-state index is 0.145. The molecule has 0 bridgehead atoms. The van der Waals surface area contributed by atoms with Gasteiger partial charge < -0.3 is 14.0 Å². The average Bonchev–Trinajstić information content (AvgIpc) is 2.87. The van der Waals surface area contributed by atoms with Crippen molar-refractivity contribution < 1.29 is 14.3 Å². The van der Waals surface area contributed by atoms with Crippen LogP contribution in [-0.2, 0) is 4.74 Å². The molecule has 1 unspecified atom stereocenters. The Kier molecular flexibility index (Phi) is 6.52. The van der Waals surface area contributed by atoms with E-state index in [-0.39, 0.29) is 11.8 Å². The molecular weight excluding hydrogens is 322 g/mol. The highest BCUT2D eigenvalue weighted by Gasteiger charge is 2.18. The lowest BCUT2D eigenvalue weighted by atomic mass is 10.2. The zero-order valence-electron chi connectivity index (χ0n) is 15.0. The van der Waals surface area contributed by atoms with Gasteiger partial charge in [-0.1, -0.05) is 6.07 Å². The molecule has 4 nitrogen and oxygen atoms in total. The smallest absolute Gasteiger partial charge is 0.174 e. The molecule has 0 aliphatic rings. The van der Waals surface area contributed by atoms with E-state index in [0.717, 1.165) is 27.6 Å². The molecular formula is C19H25NO3S. The van der Waals surface area contributed by atoms with Crippen molar-refractivity contribution in [1.82, 2.24) is 4.57 Å². The topological polar surface area (TPSA) is 40.5 Å². The van der Waals surface area contributed by atoms with Crippen molar-refractivity contribution in [3.8, 4) is 5.75 Å². The van der Waals surface area contributed by atoms with Crippen LogP contribution in [0.5, 0.6) is 5.75 Å². The molecule has 0 aliphatic carbocycles. The minimum Gasteiger partial charge on any atom is -0.497 e. The molecule has 0 saturated heterocycles. The van der Waals surface area contributed by atoms with Crippen LogP contribution in [0, 0.1) is 13.8 Å². The lowest BCUT2D eigenvalue weighted by Crippen LogP contribution is -2.14. The highest BCUT2D eigenvalue weighted by atomic mass is 32.2. The monoisotopic (exact) mass is 347 g/mol. The van der Waals surface area contributed by atoms with Crippen LogP contribution in [0.25, 0.3) is 0 Å². The van der Waals surface area contributed by atoms with E-state index in [1.165, 1.54) is 11.8 Å². The van der Waals surface area contributed by atoms with E-state index >= 15 is 0 Å². The van der Waals surface area contributed by atoms with Crippen molar-refractivity contribution in [3.63, 3.8) is 0 Å². The molecule has 0 radical (unpaired) electrons. The number of nitrogens with zero attached hydrogens (tertiary/aromatic N) is 1. The van der Waals surface area contributed by atoms with Crippen LogP contribution in [0.1, 0.15) is 34.7 Å². The first-order valence-corrected chi connectivity index (χ1v) is 8.94. The van der Waals surface area contributed by atoms with Gasteiger partial charge in [0.25, 0.3) is 0 Å². The largest absolute Gasteiger partial charge is 0.497 e. The number of hydrogen-bond donors (Lipinski definition) is 0. The molecule has 1 heterocycles. The van der Waals surface area contributed by atoms with Crippen LogP contribution in [0.15, 0.2) is 35.2 Å². The van der Waals surface area contributed by atoms with Crippen molar-refractivity contribution >= 4 is 17.5 Å². The van der Waals surface area contributed by atoms with E-state index in [9.17, 15) is 4.79 Å². The molecule has 0 saturated carbocycles. The third-order valence-electron chi connectivity index (χ3n) is 4.04. The van der Waals surface area contributed by atoms with Gasteiger partial charge in [-0.25, -0.2) is 0 Å². The van der Waals surface area contributed by atoms with Crippen molar-refractivity contribution in [2.24, 2.45) is 0 Å². The number of rotatable bonds is 8. The Morgan fingerprint density at radius 3 is 2.67 bits per heavy atom. The predicted molar refractivity (Wildman–Crippen MR) is 98.5 cm³/mol. The number of ether oxygens (including phenoxy) is 2. The Bertz CT molecular complexity index is 709. The van der Waals surface area contributed by atoms with E-state index in [1.54, 1.807) is 14.2 Å². The van der Waals surface area contributed by atoms with Crippen LogP contribution in [-0.4, -0.2) is 36.9 Å². The molecule has 2 rings (SSSR count). The maximum absolute atomic E-state index is 12.6. The van der Waals surface area contributed by atoms with Crippen molar-refractivity contribution in [2.45, 2.75) is 31.7 Å². The molecule has 0 amide bonds. The number of methoxy groups -OCH3 is 2. The van der Waals surface area contributed by atoms with E-state index in [2.05, 4.69) is 11.5 Å². The van der Waals surface area contributed by atoms with Crippen LogP contribution in [0.3, 0.4) is 0 Å². The highest BCUT2D eigenvalue weighted by Crippen LogP contribution is 2.26. The van der Waals surface area contributed by atoms with Gasteiger partial charge in [-0.3, -0.25) is 4.79 Å². The summed E-state index contributed by atoms with van der Waals surface area (Å²) in [6, 6.07) is 9.96. The lowest BCUT2D eigenvalue weighted by Gasteiger charge is -2.17. The minimum atomic E-state index is 0.145. The van der Waals surface area contributed by atoms with Crippen molar-refractivity contribution in [3.05, 3.63) is 47.3 Å². The number of ketones is 1. The quantitative estimate of drug-likeness (QED) is 0.527. The number of hydrogen-bond acceptors (Lipinski definition) is 4. The number of carbonyl (C=O) groups is 1. The summed E-state index contributed by atoms with van der Waals surface area (Å²) in [4.78, 5) is 13.7. The number of thioether (sulfide) groups is 1. The summed E-state index contributed by atoms with van der Waals surface area (Å²) in [5, 5.41) is 0. The van der Waals surface area contributed by atoms with Crippen LogP contribution in [0.2, 0.25) is 0 Å². The number of carbonyl (C=O) groups excluding carboxylic acids is 1. The molecule has 1 atom stereocenters. The number of Topliss-reactive ketones (excluding diaryl/α,β-unsaturated/α-hetero) is 1. The summed E-state index contributed by atoms with van der Waals surface area (Å²) in [5.74, 6) is 1.36. The summed E-state index contributed by atoms with van der Waals surface area (Å²) in [5.41, 5.74) is 2.89. The Labute approximate surface area is 148 Å². The van der Waals surface area contributed by atoms with Gasteiger partial charge in [-0.05, 0) is 45.0 Å². The summed E-state index contributed by atoms with van der Waals surface area (Å²) >= 11 is 1.53. The first kappa shape index (κ1) is 18.6. The number of benzene rings is 1. The SMILES string of the molecule is COCC(C)n1c(C)cc(C(=O)CSc2cccc(OC)c2)c1C. The third kappa shape index (κ3) is 4.22. The van der Waals surface area contributed by atoms with E-state index in [4.69, 9.17) is 9.47 Å². The fourth-order valence-corrected chi connectivity index (χ4v) is 3.80. The maximum Gasteiger partial charge on any atom is 0.174 e. The fourth-order valence-electron chi connectivity index (χ4n) is 2.97. The summed E-state index contributed by atoms with van der Waals surface area (Å²) in [6.07, 6.45) is 0. The van der Waals surface area contributed by atoms with Crippen LogP contribution >= 0.6 is 11.8 Å². The molecule has 0 aliphatic heterocycles. The second kappa shape index (κ2) is 8.40. The first-order valence-electron chi connectivity index (χ1n) is 7.95. The Hall–Kier alpha value is -1.72. The zero-order valence-corrected chi connectivity index (χ0v) is 15.8. The standard InChI is InChI=1S/C19H25NO3S/c1-13-9-18(15(3)20(13)14(2)11-22-4)19(21)12-24-17-8-6-7-16(10-17)23-5/h6-10,14H,11-12H2,1-5H3. The first-order chi connectivity index (χ1) is 11.5. The molecule has 24 heavy (non-hydrogen) atoms. The third-order valence-corrected chi connectivity index (χ3v) is 5.04. The van der Waals surface area contributed by atoms with Crippen LogP contribution < -0.4 is 4.74 Å². The molecule has 0 spiro atoms. The second-order valence-corrected chi connectivity index (χ2v) is 6.90. The summed E-state index contributed by atoms with van der Waals surface area (Å²) < 4.78 is 12.6. The van der Waals surface area contributed by atoms with E-state index in [0.29, 0.717) is 12.4 Å². The average molecular weight is 347 g/mol. The normalized spacial score (nSPS) is 12.2. The molecule has 0 N–H and O–H groups in total. The molecule has 130 valence electrons. The van der Waals surface area contributed by atoms with E-state index < -0.39 is 0 Å². The number of aromatic nitrogens is 1. The molecule has 0 fully saturated rings. The molecule has 1 aromatic carbocycles. The zero-order chi connectivity index (χ0) is 17.7. The fraction of sp³-hybridized carbons (Fsp3) is 0.421. The van der Waals surface area contributed by atoms with Gasteiger partial charge in [-0.15, -0.1) is 11.8 Å². The van der Waals surface area contributed by atoms with E-state index in [1.807, 2.05) is 44.2 Å². The number of aryl methyl sites for hydroxylation is 1. The molecule has 1 aromatic heterocycles. The summed E-state index contributed by atoms with van der Waals surface area (Å²) in [6.45, 7) is 6.76. The lowest BCUT2D eigenvalue weighted by molar-refractivity contribution is 0.102. The molecule has 5 heteroatoms. The van der Waals surface area contributed by atoms with Gasteiger partial charge in [0, 0.05) is 29.0 Å². The Balaban J connectivity index is 2.11. The van der Waals surface area contributed by atoms with Crippen LogP contribution in [0.4, 0.5) is 0 Å². The van der Waals surface area contributed by atoms with Crippen molar-refractivity contribution in [1.29, 1.82) is 0 Å². The predicted octanol–water partition coefficient (Wildman–Crippen LogP) is 4.30. The molecule has 2 aromatic rings. The Morgan fingerprint density at radius 1 is 1.25 bits per heavy atom. The second-order valence-electron chi connectivity index (χ2n) is 5.85. The summed E-state index contributed by atoms with van der Waals surface area (Å²) in [7, 11) is 3.34. The van der Waals surface area contributed by atoms with Gasteiger partial charge in [0.2, 0.25) is 0 Å². The maximum atomic E-state index is 12.6. The van der Waals surface area contributed by atoms with Gasteiger partial charge in [0.1, 0.15) is 5.75 Å². The van der Waals surface area contributed by atoms with Gasteiger partial charge in [0.15, 0.2) is 5.78 Å².